The third-order valence-corrected chi connectivity index (χ3v) is 3.34. The van der Waals surface area contributed by atoms with E-state index in [-0.39, 0.29) is 6.04 Å². The van der Waals surface area contributed by atoms with Gasteiger partial charge < -0.3 is 15.2 Å². The van der Waals surface area contributed by atoms with Crippen LogP contribution in [0.3, 0.4) is 0 Å². The summed E-state index contributed by atoms with van der Waals surface area (Å²) in [5, 5.41) is 13.0. The number of phenolic OH excluding ortho intramolecular Hbond substituents is 1. The second kappa shape index (κ2) is 4.26. The van der Waals surface area contributed by atoms with Crippen LogP contribution in [0.2, 0.25) is 0 Å². The molecule has 0 spiro atoms. The van der Waals surface area contributed by atoms with Crippen molar-refractivity contribution in [3.63, 3.8) is 0 Å². The SMILES string of the molecule is COc1cccc(C2Cc3cc(O)ccc3N2)c1. The fraction of sp³-hybridized carbons (Fsp3) is 0.200. The van der Waals surface area contributed by atoms with E-state index in [0.717, 1.165) is 23.4 Å². The molecule has 2 N–H and O–H groups in total. The topological polar surface area (TPSA) is 41.5 Å². The van der Waals surface area contributed by atoms with E-state index in [0.29, 0.717) is 5.75 Å². The van der Waals surface area contributed by atoms with E-state index in [1.54, 1.807) is 13.2 Å². The lowest BCUT2D eigenvalue weighted by Crippen LogP contribution is -2.05. The number of nitrogens with one attached hydrogen (secondary N) is 1. The van der Waals surface area contributed by atoms with Crippen molar-refractivity contribution >= 4 is 5.69 Å². The third-order valence-electron chi connectivity index (χ3n) is 3.34. The van der Waals surface area contributed by atoms with Gasteiger partial charge in [0.2, 0.25) is 0 Å². The van der Waals surface area contributed by atoms with Crippen molar-refractivity contribution in [3.05, 3.63) is 53.6 Å². The van der Waals surface area contributed by atoms with Crippen molar-refractivity contribution < 1.29 is 9.84 Å². The van der Waals surface area contributed by atoms with Crippen LogP contribution in [-0.2, 0) is 6.42 Å². The number of benzene rings is 2. The summed E-state index contributed by atoms with van der Waals surface area (Å²) in [7, 11) is 1.67. The van der Waals surface area contributed by atoms with Crippen LogP contribution in [0.4, 0.5) is 5.69 Å². The summed E-state index contributed by atoms with van der Waals surface area (Å²) >= 11 is 0. The summed E-state index contributed by atoms with van der Waals surface area (Å²) in [5.74, 6) is 1.19. The van der Waals surface area contributed by atoms with Crippen LogP contribution in [-0.4, -0.2) is 12.2 Å². The zero-order chi connectivity index (χ0) is 12.5. The maximum absolute atomic E-state index is 9.49. The number of hydrogen-bond acceptors (Lipinski definition) is 3. The minimum Gasteiger partial charge on any atom is -0.508 e. The monoisotopic (exact) mass is 241 g/mol. The van der Waals surface area contributed by atoms with Crippen molar-refractivity contribution in [1.29, 1.82) is 0 Å². The molecule has 0 aliphatic carbocycles. The van der Waals surface area contributed by atoms with E-state index in [9.17, 15) is 5.11 Å². The first kappa shape index (κ1) is 11.0. The van der Waals surface area contributed by atoms with Gasteiger partial charge in [0.05, 0.1) is 13.2 Å². The molecule has 1 aliphatic rings. The number of hydrogen-bond donors (Lipinski definition) is 2. The van der Waals surface area contributed by atoms with Gasteiger partial charge in [-0.1, -0.05) is 12.1 Å². The lowest BCUT2D eigenvalue weighted by atomic mass is 10.0. The molecule has 0 radical (unpaired) electrons. The van der Waals surface area contributed by atoms with E-state index < -0.39 is 0 Å². The number of ether oxygens (including phenoxy) is 1. The van der Waals surface area contributed by atoms with Crippen LogP contribution >= 0.6 is 0 Å². The summed E-state index contributed by atoms with van der Waals surface area (Å²) in [6.45, 7) is 0. The van der Waals surface area contributed by atoms with E-state index in [1.807, 2.05) is 30.3 Å². The van der Waals surface area contributed by atoms with E-state index in [1.165, 1.54) is 5.56 Å². The van der Waals surface area contributed by atoms with Gasteiger partial charge in [-0.3, -0.25) is 0 Å². The number of methoxy groups -OCH3 is 1. The molecule has 3 heteroatoms. The molecule has 1 atom stereocenters. The van der Waals surface area contributed by atoms with Gasteiger partial charge in [-0.15, -0.1) is 0 Å². The molecule has 0 fully saturated rings. The highest BCUT2D eigenvalue weighted by Crippen LogP contribution is 2.36. The second-order valence-electron chi connectivity index (χ2n) is 4.52. The Labute approximate surface area is 106 Å². The molecule has 92 valence electrons. The number of anilines is 1. The first-order valence-electron chi connectivity index (χ1n) is 5.98. The van der Waals surface area contributed by atoms with Crippen molar-refractivity contribution in [2.45, 2.75) is 12.5 Å². The summed E-state index contributed by atoms with van der Waals surface area (Å²) in [6, 6.07) is 13.8. The summed E-state index contributed by atoms with van der Waals surface area (Å²) < 4.78 is 5.24. The molecule has 2 aromatic carbocycles. The molecule has 1 aliphatic heterocycles. The van der Waals surface area contributed by atoms with Gasteiger partial charge in [0.1, 0.15) is 11.5 Å². The fourth-order valence-corrected chi connectivity index (χ4v) is 2.41. The number of aromatic hydroxyl groups is 1. The van der Waals surface area contributed by atoms with E-state index in [2.05, 4.69) is 11.4 Å². The minimum atomic E-state index is 0.247. The Bertz CT molecular complexity index is 580. The normalized spacial score (nSPS) is 17.1. The molecule has 0 aromatic heterocycles. The number of fused-ring (bicyclic) bond motifs is 1. The van der Waals surface area contributed by atoms with Gasteiger partial charge in [0.15, 0.2) is 0 Å². The maximum atomic E-state index is 9.49. The average molecular weight is 241 g/mol. The molecule has 3 rings (SSSR count). The van der Waals surface area contributed by atoms with Crippen molar-refractivity contribution in [3.8, 4) is 11.5 Å². The largest absolute Gasteiger partial charge is 0.508 e. The minimum absolute atomic E-state index is 0.247. The highest BCUT2D eigenvalue weighted by molar-refractivity contribution is 5.60. The predicted molar refractivity (Wildman–Crippen MR) is 71.2 cm³/mol. The van der Waals surface area contributed by atoms with Crippen LogP contribution in [0.25, 0.3) is 0 Å². The van der Waals surface area contributed by atoms with E-state index >= 15 is 0 Å². The van der Waals surface area contributed by atoms with Crippen LogP contribution < -0.4 is 10.1 Å². The standard InChI is InChI=1S/C15H15NO2/c1-18-13-4-2-3-10(8-13)15-9-11-7-12(17)5-6-14(11)16-15/h2-8,15-17H,9H2,1H3. The molecule has 18 heavy (non-hydrogen) atoms. The van der Waals surface area contributed by atoms with Gasteiger partial charge in [-0.05, 0) is 47.9 Å². The number of rotatable bonds is 2. The maximum Gasteiger partial charge on any atom is 0.119 e. The first-order chi connectivity index (χ1) is 8.76. The van der Waals surface area contributed by atoms with Gasteiger partial charge in [-0.2, -0.15) is 0 Å². The lowest BCUT2D eigenvalue weighted by Gasteiger charge is -2.12. The molecule has 1 heterocycles. The van der Waals surface area contributed by atoms with Crippen molar-refractivity contribution in [1.82, 2.24) is 0 Å². The average Bonchev–Trinajstić information content (AvgIpc) is 2.81. The third kappa shape index (κ3) is 1.88. The molecule has 0 amide bonds. The number of phenols is 1. The molecule has 2 aromatic rings. The Morgan fingerprint density at radius 3 is 2.94 bits per heavy atom. The summed E-state index contributed by atoms with van der Waals surface area (Å²) in [5.41, 5.74) is 3.45. The Morgan fingerprint density at radius 2 is 2.11 bits per heavy atom. The summed E-state index contributed by atoms with van der Waals surface area (Å²) in [4.78, 5) is 0. The van der Waals surface area contributed by atoms with Gasteiger partial charge in [0, 0.05) is 5.69 Å². The Balaban J connectivity index is 1.88. The smallest absolute Gasteiger partial charge is 0.119 e. The van der Waals surface area contributed by atoms with Crippen LogP contribution in [0, 0.1) is 0 Å². The molecular weight excluding hydrogens is 226 g/mol. The summed E-state index contributed by atoms with van der Waals surface area (Å²) in [6.07, 6.45) is 0.886. The second-order valence-corrected chi connectivity index (χ2v) is 4.52. The Hall–Kier alpha value is -2.16. The van der Waals surface area contributed by atoms with Gasteiger partial charge >= 0.3 is 0 Å². The van der Waals surface area contributed by atoms with E-state index in [4.69, 9.17) is 4.74 Å². The zero-order valence-corrected chi connectivity index (χ0v) is 10.2. The first-order valence-corrected chi connectivity index (χ1v) is 5.98. The Kier molecular flexibility index (Phi) is 2.59. The Morgan fingerprint density at radius 1 is 1.22 bits per heavy atom. The molecule has 1 unspecified atom stereocenters. The quantitative estimate of drug-likeness (QED) is 0.794. The highest BCUT2D eigenvalue weighted by atomic mass is 16.5. The van der Waals surface area contributed by atoms with Crippen molar-refractivity contribution in [2.24, 2.45) is 0 Å². The lowest BCUT2D eigenvalue weighted by molar-refractivity contribution is 0.414. The van der Waals surface area contributed by atoms with Crippen molar-refractivity contribution in [2.75, 3.05) is 12.4 Å². The molecule has 3 nitrogen and oxygen atoms in total. The zero-order valence-electron chi connectivity index (χ0n) is 10.2. The van der Waals surface area contributed by atoms with Gasteiger partial charge in [-0.25, -0.2) is 0 Å². The van der Waals surface area contributed by atoms with Crippen LogP contribution in [0.1, 0.15) is 17.2 Å². The van der Waals surface area contributed by atoms with Crippen LogP contribution in [0.15, 0.2) is 42.5 Å². The highest BCUT2D eigenvalue weighted by Gasteiger charge is 2.22. The van der Waals surface area contributed by atoms with Crippen LogP contribution in [0.5, 0.6) is 11.5 Å². The molecule has 0 saturated carbocycles. The fourth-order valence-electron chi connectivity index (χ4n) is 2.41. The molecule has 0 saturated heterocycles. The molecular formula is C15H15NO2. The molecule has 0 bridgehead atoms. The van der Waals surface area contributed by atoms with Gasteiger partial charge in [0.25, 0.3) is 0 Å². The predicted octanol–water partition coefficient (Wildman–Crippen LogP) is 3.11.